The van der Waals surface area contributed by atoms with Gasteiger partial charge in [-0.15, -0.1) is 0 Å². The molecule has 0 spiro atoms. The van der Waals surface area contributed by atoms with Gasteiger partial charge < -0.3 is 9.72 Å². The number of hydrogen-bond donors (Lipinski definition) is 1. The van der Waals surface area contributed by atoms with E-state index in [1.165, 1.54) is 0 Å². The summed E-state index contributed by atoms with van der Waals surface area (Å²) in [4.78, 5) is 7.68. The quantitative estimate of drug-likeness (QED) is 0.887. The first-order valence-electron chi connectivity index (χ1n) is 9.76. The lowest BCUT2D eigenvalue weighted by atomic mass is 9.83. The Morgan fingerprint density at radius 2 is 2.04 bits per heavy atom. The molecule has 144 valence electrons. The van der Waals surface area contributed by atoms with Crippen molar-refractivity contribution in [2.45, 2.75) is 57.0 Å². The lowest BCUT2D eigenvalue weighted by molar-refractivity contribution is -0.135. The van der Waals surface area contributed by atoms with Crippen LogP contribution in [0.5, 0.6) is 0 Å². The van der Waals surface area contributed by atoms with Gasteiger partial charge in [0.2, 0.25) is 0 Å². The Hall–Kier alpha value is -2.02. The number of nitrogens with zero attached hydrogens (tertiary/aromatic N) is 3. The molecule has 7 heteroatoms. The van der Waals surface area contributed by atoms with Crippen molar-refractivity contribution in [1.82, 2.24) is 15.0 Å². The van der Waals surface area contributed by atoms with Crippen LogP contribution in [0, 0.1) is 12.8 Å². The maximum absolute atomic E-state index is 13.5. The summed E-state index contributed by atoms with van der Waals surface area (Å²) in [6.07, 6.45) is 6.36. The van der Waals surface area contributed by atoms with Crippen molar-refractivity contribution >= 4 is 16.7 Å². The smallest absolute Gasteiger partial charge is 0.252 e. The lowest BCUT2D eigenvalue weighted by Gasteiger charge is -2.44. The van der Waals surface area contributed by atoms with Gasteiger partial charge in [-0.05, 0) is 37.3 Å². The molecule has 1 saturated carbocycles. The van der Waals surface area contributed by atoms with Crippen molar-refractivity contribution in [2.75, 3.05) is 13.2 Å². The number of nitrogens with one attached hydrogen (secondary N) is 1. The molecule has 2 aromatic rings. The summed E-state index contributed by atoms with van der Waals surface area (Å²) in [6, 6.07) is 2.15. The van der Waals surface area contributed by atoms with Gasteiger partial charge in [-0.2, -0.15) is 5.10 Å². The standard InChI is InChI=1S/C20H24F2N4O/c1-12-10-23-19-16(12)6-14(11-24-19)17-7-18(13-2-4-27-5-3-13)26(25-17)15-8-20(21,22)9-15/h6,10-11,13,15,18H,2-5,7-9H2,1H3,(H,23,24). The molecule has 4 heterocycles. The average molecular weight is 374 g/mol. The summed E-state index contributed by atoms with van der Waals surface area (Å²) in [5.74, 6) is -2.09. The Kier molecular flexibility index (Phi) is 3.96. The summed E-state index contributed by atoms with van der Waals surface area (Å²) in [5.41, 5.74) is 3.98. The predicted molar refractivity (Wildman–Crippen MR) is 99.1 cm³/mol. The molecule has 0 bridgehead atoms. The van der Waals surface area contributed by atoms with E-state index in [9.17, 15) is 8.78 Å². The molecule has 1 saturated heterocycles. The number of fused-ring (bicyclic) bond motifs is 1. The van der Waals surface area contributed by atoms with Crippen molar-refractivity contribution in [3.05, 3.63) is 29.6 Å². The third-order valence-corrected chi connectivity index (χ3v) is 6.30. The number of alkyl halides is 2. The van der Waals surface area contributed by atoms with Gasteiger partial charge in [0.1, 0.15) is 5.65 Å². The summed E-state index contributed by atoms with van der Waals surface area (Å²) in [6.45, 7) is 3.55. The fourth-order valence-corrected chi connectivity index (χ4v) is 4.67. The van der Waals surface area contributed by atoms with Gasteiger partial charge in [-0.3, -0.25) is 5.01 Å². The van der Waals surface area contributed by atoms with Gasteiger partial charge in [0.05, 0.1) is 17.8 Å². The van der Waals surface area contributed by atoms with E-state index in [-0.39, 0.29) is 24.9 Å². The molecule has 2 fully saturated rings. The molecule has 5 rings (SSSR count). The van der Waals surface area contributed by atoms with E-state index in [1.807, 2.05) is 24.3 Å². The molecule has 1 aliphatic carbocycles. The summed E-state index contributed by atoms with van der Waals surface area (Å²) >= 11 is 0. The SMILES string of the molecule is Cc1c[nH]c2ncc(C3=NN(C4CC(F)(F)C4)C(C4CCOCC4)C3)cc12. The number of pyridine rings is 1. The van der Waals surface area contributed by atoms with E-state index in [0.29, 0.717) is 5.92 Å². The minimum absolute atomic E-state index is 0.0856. The van der Waals surface area contributed by atoms with Crippen LogP contribution < -0.4 is 0 Å². The highest BCUT2D eigenvalue weighted by Gasteiger charge is 2.51. The topological polar surface area (TPSA) is 53.5 Å². The maximum Gasteiger partial charge on any atom is 0.252 e. The number of aromatic amines is 1. The van der Waals surface area contributed by atoms with Crippen LogP contribution in [-0.4, -0.2) is 51.9 Å². The Bertz CT molecular complexity index is 879. The van der Waals surface area contributed by atoms with E-state index in [0.717, 1.165) is 60.3 Å². The van der Waals surface area contributed by atoms with Crippen LogP contribution in [-0.2, 0) is 4.74 Å². The number of halogens is 2. The summed E-state index contributed by atoms with van der Waals surface area (Å²) in [5, 5.41) is 7.94. The first kappa shape index (κ1) is 17.1. The van der Waals surface area contributed by atoms with Gasteiger partial charge in [0.25, 0.3) is 5.92 Å². The monoisotopic (exact) mass is 374 g/mol. The molecule has 1 atom stereocenters. The van der Waals surface area contributed by atoms with E-state index in [1.54, 1.807) is 0 Å². The minimum Gasteiger partial charge on any atom is -0.381 e. The van der Waals surface area contributed by atoms with Crippen LogP contribution in [0.4, 0.5) is 8.78 Å². The van der Waals surface area contributed by atoms with E-state index in [4.69, 9.17) is 9.84 Å². The van der Waals surface area contributed by atoms with E-state index < -0.39 is 5.92 Å². The van der Waals surface area contributed by atoms with Crippen molar-refractivity contribution in [3.8, 4) is 0 Å². The second-order valence-electron chi connectivity index (χ2n) is 8.16. The molecule has 2 aromatic heterocycles. The van der Waals surface area contributed by atoms with Gasteiger partial charge in [-0.25, -0.2) is 13.8 Å². The molecule has 0 amide bonds. The fraction of sp³-hybridized carbons (Fsp3) is 0.600. The minimum atomic E-state index is -2.54. The second kappa shape index (κ2) is 6.26. The second-order valence-corrected chi connectivity index (χ2v) is 8.16. The number of aromatic nitrogens is 2. The molecular formula is C20H24F2N4O. The Labute approximate surface area is 156 Å². The molecular weight excluding hydrogens is 350 g/mol. The lowest BCUT2D eigenvalue weighted by Crippen LogP contribution is -2.52. The zero-order valence-corrected chi connectivity index (χ0v) is 15.4. The molecule has 1 unspecified atom stereocenters. The molecule has 3 aliphatic rings. The Balaban J connectivity index is 1.45. The largest absolute Gasteiger partial charge is 0.381 e. The average Bonchev–Trinajstić information content (AvgIpc) is 3.24. The van der Waals surface area contributed by atoms with E-state index in [2.05, 4.69) is 16.0 Å². The van der Waals surface area contributed by atoms with Crippen LogP contribution >= 0.6 is 0 Å². The zero-order valence-electron chi connectivity index (χ0n) is 15.4. The predicted octanol–water partition coefficient (Wildman–Crippen LogP) is 3.87. The Morgan fingerprint density at radius 3 is 2.78 bits per heavy atom. The first-order valence-corrected chi connectivity index (χ1v) is 9.76. The molecule has 27 heavy (non-hydrogen) atoms. The molecule has 0 aromatic carbocycles. The number of aryl methyl sites for hydroxylation is 1. The van der Waals surface area contributed by atoms with Gasteiger partial charge in [-0.1, -0.05) is 0 Å². The fourth-order valence-electron chi connectivity index (χ4n) is 4.67. The summed E-state index contributed by atoms with van der Waals surface area (Å²) < 4.78 is 32.5. The Morgan fingerprint density at radius 1 is 1.26 bits per heavy atom. The molecule has 0 radical (unpaired) electrons. The maximum atomic E-state index is 13.5. The third-order valence-electron chi connectivity index (χ3n) is 6.30. The van der Waals surface area contributed by atoms with Crippen LogP contribution in [0.25, 0.3) is 11.0 Å². The number of hydrogen-bond acceptors (Lipinski definition) is 4. The zero-order chi connectivity index (χ0) is 18.6. The number of ether oxygens (including phenoxy) is 1. The highest BCUT2D eigenvalue weighted by molar-refractivity contribution is 6.03. The number of rotatable bonds is 3. The van der Waals surface area contributed by atoms with Crippen molar-refractivity contribution in [2.24, 2.45) is 11.0 Å². The van der Waals surface area contributed by atoms with Crippen LogP contribution in [0.2, 0.25) is 0 Å². The number of H-pyrrole nitrogens is 1. The molecule has 2 aliphatic heterocycles. The van der Waals surface area contributed by atoms with Crippen molar-refractivity contribution < 1.29 is 13.5 Å². The third kappa shape index (κ3) is 3.02. The summed E-state index contributed by atoms with van der Waals surface area (Å²) in [7, 11) is 0. The highest BCUT2D eigenvalue weighted by atomic mass is 19.3. The number of hydrazone groups is 1. The van der Waals surface area contributed by atoms with Crippen molar-refractivity contribution in [1.29, 1.82) is 0 Å². The highest BCUT2D eigenvalue weighted by Crippen LogP contribution is 2.44. The van der Waals surface area contributed by atoms with Crippen LogP contribution in [0.1, 0.15) is 43.2 Å². The molecule has 1 N–H and O–H groups in total. The van der Waals surface area contributed by atoms with E-state index >= 15 is 0 Å². The van der Waals surface area contributed by atoms with Gasteiger partial charge in [0, 0.05) is 55.8 Å². The molecule has 5 nitrogen and oxygen atoms in total. The van der Waals surface area contributed by atoms with Crippen molar-refractivity contribution in [3.63, 3.8) is 0 Å². The normalized spacial score (nSPS) is 26.4. The first-order chi connectivity index (χ1) is 13.0. The van der Waals surface area contributed by atoms with Gasteiger partial charge in [0.15, 0.2) is 0 Å². The van der Waals surface area contributed by atoms with Crippen LogP contribution in [0.3, 0.4) is 0 Å². The van der Waals surface area contributed by atoms with Gasteiger partial charge >= 0.3 is 0 Å². The van der Waals surface area contributed by atoms with Crippen LogP contribution in [0.15, 0.2) is 23.6 Å².